The molecule has 1 fully saturated rings. The lowest BCUT2D eigenvalue weighted by molar-refractivity contribution is -0.137. The smallest absolute Gasteiger partial charge is 0.396 e. The van der Waals surface area contributed by atoms with E-state index in [0.717, 1.165) is 30.5 Å². The molecule has 2 aliphatic rings. The molecule has 4 rings (SSSR count). The summed E-state index contributed by atoms with van der Waals surface area (Å²) in [7, 11) is 0. The zero-order chi connectivity index (χ0) is 31.9. The van der Waals surface area contributed by atoms with Crippen molar-refractivity contribution in [1.29, 1.82) is 0 Å². The van der Waals surface area contributed by atoms with Gasteiger partial charge in [-0.15, -0.1) is 0 Å². The van der Waals surface area contributed by atoms with Crippen molar-refractivity contribution in [2.45, 2.75) is 69.4 Å². The summed E-state index contributed by atoms with van der Waals surface area (Å²) in [5.41, 5.74) is 8.32. The van der Waals surface area contributed by atoms with E-state index in [4.69, 9.17) is 5.73 Å². The summed E-state index contributed by atoms with van der Waals surface area (Å²) in [4.78, 5) is 29.0. The van der Waals surface area contributed by atoms with Crippen molar-refractivity contribution in [3.8, 4) is 0 Å². The highest BCUT2D eigenvalue weighted by atomic mass is 19.4. The number of aliphatic hydroxyl groups is 2. The highest BCUT2D eigenvalue weighted by molar-refractivity contribution is 5.97. The predicted octanol–water partition coefficient (Wildman–Crippen LogP) is 2.73. The second kappa shape index (κ2) is 14.6. The molecule has 0 aromatic heterocycles. The van der Waals surface area contributed by atoms with Gasteiger partial charge in [0, 0.05) is 44.7 Å². The number of halogens is 3. The van der Waals surface area contributed by atoms with Gasteiger partial charge in [0.25, 0.3) is 5.91 Å². The van der Waals surface area contributed by atoms with E-state index >= 15 is 0 Å². The van der Waals surface area contributed by atoms with Crippen LogP contribution in [0.1, 0.15) is 49.3 Å². The molecule has 0 bridgehead atoms. The van der Waals surface area contributed by atoms with Gasteiger partial charge in [-0.3, -0.25) is 9.59 Å². The molecule has 1 aliphatic heterocycles. The van der Waals surface area contributed by atoms with Crippen molar-refractivity contribution in [1.82, 2.24) is 20.7 Å². The zero-order valence-corrected chi connectivity index (χ0v) is 24.9. The van der Waals surface area contributed by atoms with Crippen molar-refractivity contribution >= 4 is 11.8 Å². The maximum Gasteiger partial charge on any atom is 0.416 e. The Morgan fingerprint density at radius 3 is 2.45 bits per heavy atom. The minimum absolute atomic E-state index is 0.0314. The quantitative estimate of drug-likeness (QED) is 0.183. The standard InChI is InChI=1S/C32H42F3N5O4/c1-2-40-27(29(43)39(25-13-14-25)15-6-7-16-41)19-31(38-40,30(36)44)26(18-22-9-4-3-5-10-22)28(42)21-37-20-23-11-8-12-24(17-23)32(33,34)35/h3-5,8-12,17,19,25-26,28,37-38,41-42H,2,6-7,13-16,18,20-21H2,1H3,(H2,36,44)/t26-,28+,31?/m1/s1. The van der Waals surface area contributed by atoms with Crippen molar-refractivity contribution in [3.63, 3.8) is 0 Å². The molecule has 3 atom stereocenters. The number of benzene rings is 2. The molecule has 0 radical (unpaired) electrons. The normalized spacial score (nSPS) is 19.9. The first kappa shape index (κ1) is 33.4. The van der Waals surface area contributed by atoms with Crippen molar-refractivity contribution in [2.75, 3.05) is 26.2 Å². The van der Waals surface area contributed by atoms with Gasteiger partial charge in [0.2, 0.25) is 5.91 Å². The molecule has 2 aromatic carbocycles. The van der Waals surface area contributed by atoms with E-state index in [1.54, 1.807) is 16.0 Å². The van der Waals surface area contributed by atoms with E-state index in [-0.39, 0.29) is 43.8 Å². The van der Waals surface area contributed by atoms with Crippen molar-refractivity contribution in [2.24, 2.45) is 11.7 Å². The number of carbonyl (C=O) groups excluding carboxylic acids is 2. The number of amides is 2. The summed E-state index contributed by atoms with van der Waals surface area (Å²) in [6.45, 7) is 2.67. The number of likely N-dealkylation sites (N-methyl/N-ethyl adjacent to an activating group) is 1. The van der Waals surface area contributed by atoms with Crippen LogP contribution in [0.3, 0.4) is 0 Å². The van der Waals surface area contributed by atoms with Gasteiger partial charge in [0.1, 0.15) is 11.2 Å². The summed E-state index contributed by atoms with van der Waals surface area (Å²) in [5, 5.41) is 25.4. The molecule has 12 heteroatoms. The first-order valence-electron chi connectivity index (χ1n) is 15.1. The monoisotopic (exact) mass is 617 g/mol. The van der Waals surface area contributed by atoms with Gasteiger partial charge in [0.05, 0.1) is 11.7 Å². The van der Waals surface area contributed by atoms with Crippen molar-refractivity contribution in [3.05, 3.63) is 83.1 Å². The lowest BCUT2D eigenvalue weighted by Crippen LogP contribution is -2.63. The lowest BCUT2D eigenvalue weighted by atomic mass is 9.76. The van der Waals surface area contributed by atoms with Crippen molar-refractivity contribution < 1.29 is 33.0 Å². The van der Waals surface area contributed by atoms with E-state index in [1.807, 2.05) is 37.3 Å². The number of hydrogen-bond acceptors (Lipinski definition) is 7. The number of rotatable bonds is 16. The molecule has 1 heterocycles. The molecule has 1 unspecified atom stereocenters. The number of hydrazine groups is 1. The highest BCUT2D eigenvalue weighted by Gasteiger charge is 2.52. The molecule has 240 valence electrons. The number of carbonyl (C=O) groups is 2. The Hall–Kier alpha value is -3.45. The fraction of sp³-hybridized carbons (Fsp3) is 0.500. The van der Waals surface area contributed by atoms with Crippen LogP contribution < -0.4 is 16.5 Å². The Bertz CT molecular complexity index is 1300. The average Bonchev–Trinajstić information content (AvgIpc) is 3.76. The molecule has 1 aliphatic carbocycles. The lowest BCUT2D eigenvalue weighted by Gasteiger charge is -2.38. The Kier molecular flexibility index (Phi) is 11.1. The Morgan fingerprint density at radius 2 is 1.84 bits per heavy atom. The van der Waals surface area contributed by atoms with Crippen LogP contribution >= 0.6 is 0 Å². The third kappa shape index (κ3) is 7.98. The first-order chi connectivity index (χ1) is 21.0. The number of alkyl halides is 3. The molecular formula is C32H42F3N5O4. The van der Waals surface area contributed by atoms with Crippen LogP contribution in [0, 0.1) is 5.92 Å². The Labute approximate surface area is 255 Å². The molecule has 1 saturated carbocycles. The van der Waals surface area contributed by atoms with Crippen LogP contribution in [0.25, 0.3) is 0 Å². The van der Waals surface area contributed by atoms with Gasteiger partial charge >= 0.3 is 6.18 Å². The summed E-state index contributed by atoms with van der Waals surface area (Å²) in [6.07, 6.45) is -0.937. The molecule has 9 nitrogen and oxygen atoms in total. The molecule has 44 heavy (non-hydrogen) atoms. The molecule has 0 saturated heterocycles. The molecule has 0 spiro atoms. The second-order valence-corrected chi connectivity index (χ2v) is 11.5. The minimum Gasteiger partial charge on any atom is -0.396 e. The number of hydrogen-bond donors (Lipinski definition) is 5. The molecule has 2 amide bonds. The van der Waals surface area contributed by atoms with Crippen LogP contribution in [0.2, 0.25) is 0 Å². The number of primary amides is 1. The highest BCUT2D eigenvalue weighted by Crippen LogP contribution is 2.36. The van der Waals surface area contributed by atoms with Gasteiger partial charge in [-0.05, 0) is 62.3 Å². The summed E-state index contributed by atoms with van der Waals surface area (Å²) in [6, 6.07) is 14.3. The summed E-state index contributed by atoms with van der Waals surface area (Å²) < 4.78 is 39.6. The number of nitrogens with zero attached hydrogens (tertiary/aromatic N) is 2. The predicted molar refractivity (Wildman–Crippen MR) is 159 cm³/mol. The van der Waals surface area contributed by atoms with E-state index in [9.17, 15) is 33.0 Å². The topological polar surface area (TPSA) is 131 Å². The van der Waals surface area contributed by atoms with Crippen LogP contribution in [-0.4, -0.2) is 75.9 Å². The maximum absolute atomic E-state index is 13.9. The van der Waals surface area contributed by atoms with Gasteiger partial charge in [0.15, 0.2) is 0 Å². The average molecular weight is 618 g/mol. The zero-order valence-electron chi connectivity index (χ0n) is 24.9. The molecular weight excluding hydrogens is 575 g/mol. The number of nitrogens with one attached hydrogen (secondary N) is 2. The fourth-order valence-corrected chi connectivity index (χ4v) is 5.74. The van der Waals surface area contributed by atoms with E-state index < -0.39 is 35.2 Å². The van der Waals surface area contributed by atoms with E-state index in [2.05, 4.69) is 10.7 Å². The number of aliphatic hydroxyl groups excluding tert-OH is 2. The Balaban J connectivity index is 1.61. The third-order valence-corrected chi connectivity index (χ3v) is 8.26. The first-order valence-corrected chi connectivity index (χ1v) is 15.1. The van der Waals surface area contributed by atoms with Crippen LogP contribution in [0.4, 0.5) is 13.2 Å². The number of nitrogens with two attached hydrogens (primary N) is 1. The van der Waals surface area contributed by atoms with Gasteiger partial charge in [-0.25, -0.2) is 5.43 Å². The molecule has 2 aromatic rings. The SMILES string of the molecule is CCN1NC(C(N)=O)([C@H](Cc2ccccc2)[C@@H](O)CNCc2cccc(C(F)(F)F)c2)C=C1C(=O)N(CCCCO)C1CC1. The third-order valence-electron chi connectivity index (χ3n) is 8.26. The number of unbranched alkanes of at least 4 members (excludes halogenated alkanes) is 1. The summed E-state index contributed by atoms with van der Waals surface area (Å²) >= 11 is 0. The van der Waals surface area contributed by atoms with Gasteiger partial charge in [-0.2, -0.15) is 13.2 Å². The van der Waals surface area contributed by atoms with E-state index in [1.165, 1.54) is 12.1 Å². The van der Waals surface area contributed by atoms with Crippen LogP contribution in [-0.2, 0) is 28.7 Å². The van der Waals surface area contributed by atoms with Gasteiger partial charge in [-0.1, -0.05) is 48.5 Å². The molecule has 6 N–H and O–H groups in total. The van der Waals surface area contributed by atoms with Gasteiger partial charge < -0.3 is 31.2 Å². The van der Waals surface area contributed by atoms with Crippen LogP contribution in [0.5, 0.6) is 0 Å². The van der Waals surface area contributed by atoms with Crippen LogP contribution in [0.15, 0.2) is 66.4 Å². The van der Waals surface area contributed by atoms with E-state index in [0.29, 0.717) is 31.5 Å². The second-order valence-electron chi connectivity index (χ2n) is 11.5. The Morgan fingerprint density at radius 1 is 1.14 bits per heavy atom. The maximum atomic E-state index is 13.9. The minimum atomic E-state index is -4.47. The fourth-order valence-electron chi connectivity index (χ4n) is 5.74. The summed E-state index contributed by atoms with van der Waals surface area (Å²) in [5.74, 6) is -1.87. The largest absolute Gasteiger partial charge is 0.416 e.